The molecule has 0 bridgehead atoms. The van der Waals surface area contributed by atoms with Crippen LogP contribution in [-0.4, -0.2) is 45.6 Å². The van der Waals surface area contributed by atoms with E-state index in [1.54, 1.807) is 63.2 Å². The average molecular weight is 456 g/mol. The van der Waals surface area contributed by atoms with Crippen molar-refractivity contribution >= 4 is 29.3 Å². The highest BCUT2D eigenvalue weighted by molar-refractivity contribution is 6.31. The molecule has 166 valence electrons. The van der Waals surface area contributed by atoms with E-state index in [0.29, 0.717) is 27.7 Å². The lowest BCUT2D eigenvalue weighted by atomic mass is 10.0. The fourth-order valence-electron chi connectivity index (χ4n) is 3.31. The molecular formula is C23H22ClN3O5. The third-order valence-corrected chi connectivity index (χ3v) is 4.82. The van der Waals surface area contributed by atoms with Crippen molar-refractivity contribution < 1.29 is 24.3 Å². The largest absolute Gasteiger partial charge is 0.461 e. The van der Waals surface area contributed by atoms with Crippen LogP contribution in [0.3, 0.4) is 0 Å². The van der Waals surface area contributed by atoms with Crippen LogP contribution in [0.25, 0.3) is 5.69 Å². The van der Waals surface area contributed by atoms with E-state index in [0.717, 1.165) is 0 Å². The van der Waals surface area contributed by atoms with Gasteiger partial charge in [0.05, 0.1) is 18.9 Å². The first kappa shape index (κ1) is 23.0. The van der Waals surface area contributed by atoms with Crippen molar-refractivity contribution in [1.29, 1.82) is 0 Å². The number of halogens is 1. The van der Waals surface area contributed by atoms with E-state index in [1.807, 2.05) is 6.07 Å². The second kappa shape index (κ2) is 10.1. The molecule has 2 aromatic carbocycles. The molecule has 9 heteroatoms. The highest BCUT2D eigenvalue weighted by Gasteiger charge is 2.30. The Morgan fingerprint density at radius 1 is 1.06 bits per heavy atom. The number of hydrogen-bond acceptors (Lipinski definition) is 7. The van der Waals surface area contributed by atoms with E-state index in [2.05, 4.69) is 10.1 Å². The molecule has 0 saturated heterocycles. The molecule has 0 radical (unpaired) electrons. The van der Waals surface area contributed by atoms with Gasteiger partial charge in [-0.05, 0) is 39.0 Å². The summed E-state index contributed by atoms with van der Waals surface area (Å²) < 4.78 is 11.8. The lowest BCUT2D eigenvalue weighted by molar-refractivity contribution is 0.0469. The molecule has 0 spiro atoms. The zero-order valence-electron chi connectivity index (χ0n) is 17.8. The van der Waals surface area contributed by atoms with E-state index in [-0.39, 0.29) is 30.3 Å². The average Bonchev–Trinajstić information content (AvgIpc) is 3.13. The molecule has 0 aliphatic heterocycles. The van der Waals surface area contributed by atoms with E-state index in [9.17, 15) is 14.8 Å². The van der Waals surface area contributed by atoms with Gasteiger partial charge in [-0.2, -0.15) is 0 Å². The van der Waals surface area contributed by atoms with Gasteiger partial charge in [0.25, 0.3) is 0 Å². The van der Waals surface area contributed by atoms with Gasteiger partial charge < -0.3 is 14.7 Å². The third-order valence-electron chi connectivity index (χ3n) is 4.58. The summed E-state index contributed by atoms with van der Waals surface area (Å²) in [5.74, 6) is -1.14. The molecule has 0 aliphatic rings. The molecule has 8 nitrogen and oxygen atoms in total. The van der Waals surface area contributed by atoms with Crippen molar-refractivity contribution in [3.8, 4) is 5.69 Å². The summed E-state index contributed by atoms with van der Waals surface area (Å²) in [5.41, 5.74) is 1.45. The number of rotatable bonds is 7. The summed E-state index contributed by atoms with van der Waals surface area (Å²) in [4.78, 5) is 29.7. The van der Waals surface area contributed by atoms with Crippen molar-refractivity contribution in [3.63, 3.8) is 0 Å². The van der Waals surface area contributed by atoms with Crippen LogP contribution < -0.4 is 0 Å². The normalized spacial score (nSPS) is 11.3. The molecule has 3 aromatic rings. The van der Waals surface area contributed by atoms with Crippen molar-refractivity contribution in [2.24, 2.45) is 5.16 Å². The first-order valence-corrected chi connectivity index (χ1v) is 10.3. The van der Waals surface area contributed by atoms with E-state index in [1.165, 1.54) is 4.57 Å². The number of imidazole rings is 1. The predicted molar refractivity (Wildman–Crippen MR) is 119 cm³/mol. The Morgan fingerprint density at radius 3 is 2.34 bits per heavy atom. The molecule has 0 amide bonds. The maximum atomic E-state index is 12.9. The Balaban J connectivity index is 2.31. The molecule has 0 fully saturated rings. The molecule has 1 aromatic heterocycles. The van der Waals surface area contributed by atoms with E-state index in [4.69, 9.17) is 21.1 Å². The lowest BCUT2D eigenvalue weighted by Gasteiger charge is -2.16. The number of aryl methyl sites for hydroxylation is 1. The number of esters is 2. The van der Waals surface area contributed by atoms with Crippen LogP contribution in [0.2, 0.25) is 5.02 Å². The minimum atomic E-state index is -0.743. The van der Waals surface area contributed by atoms with Crippen molar-refractivity contribution in [2.45, 2.75) is 20.8 Å². The molecule has 1 heterocycles. The number of nitrogens with zero attached hydrogens (tertiary/aromatic N) is 3. The smallest absolute Gasteiger partial charge is 0.359 e. The summed E-state index contributed by atoms with van der Waals surface area (Å²) in [6.45, 7) is 5.19. The van der Waals surface area contributed by atoms with Gasteiger partial charge in [0.1, 0.15) is 11.5 Å². The van der Waals surface area contributed by atoms with Gasteiger partial charge in [0, 0.05) is 16.1 Å². The van der Waals surface area contributed by atoms with Gasteiger partial charge >= 0.3 is 11.9 Å². The summed E-state index contributed by atoms with van der Waals surface area (Å²) in [5, 5.41) is 13.7. The molecular weight excluding hydrogens is 434 g/mol. The number of oxime groups is 1. The van der Waals surface area contributed by atoms with E-state index < -0.39 is 11.9 Å². The topological polar surface area (TPSA) is 103 Å². The second-order valence-corrected chi connectivity index (χ2v) is 7.05. The van der Waals surface area contributed by atoms with Crippen LogP contribution >= 0.6 is 11.6 Å². The summed E-state index contributed by atoms with van der Waals surface area (Å²) in [6, 6.07) is 13.9. The van der Waals surface area contributed by atoms with Gasteiger partial charge in [-0.15, -0.1) is 0 Å². The number of ether oxygens (including phenoxy) is 2. The van der Waals surface area contributed by atoms with Crippen molar-refractivity contribution in [1.82, 2.24) is 9.55 Å². The highest BCUT2D eigenvalue weighted by Crippen LogP contribution is 2.28. The van der Waals surface area contributed by atoms with Gasteiger partial charge in [-0.25, -0.2) is 14.6 Å². The fourth-order valence-corrected chi connectivity index (χ4v) is 3.48. The Bertz CT molecular complexity index is 1170. The number of carbonyl (C=O) groups excluding carboxylic acids is 2. The Kier molecular flexibility index (Phi) is 7.27. The van der Waals surface area contributed by atoms with Crippen LogP contribution in [0, 0.1) is 6.92 Å². The minimum Gasteiger partial charge on any atom is -0.461 e. The summed E-state index contributed by atoms with van der Waals surface area (Å²) in [7, 11) is 0. The van der Waals surface area contributed by atoms with Gasteiger partial charge in [-0.1, -0.05) is 47.1 Å². The van der Waals surface area contributed by atoms with Crippen LogP contribution in [0.15, 0.2) is 53.7 Å². The third kappa shape index (κ3) is 4.50. The molecule has 0 unspecified atom stereocenters. The minimum absolute atomic E-state index is 0.0864. The molecule has 1 N–H and O–H groups in total. The van der Waals surface area contributed by atoms with Gasteiger partial charge in [0.15, 0.2) is 11.4 Å². The zero-order valence-corrected chi connectivity index (χ0v) is 18.6. The first-order valence-electron chi connectivity index (χ1n) is 9.94. The SMILES string of the molecule is CCOC(=O)c1nc(C)n(-c2ccc(Cl)cc2/C(=N/O)c2ccccc2)c1C(=O)OCC. The predicted octanol–water partition coefficient (Wildman–Crippen LogP) is 4.41. The maximum absolute atomic E-state index is 12.9. The monoisotopic (exact) mass is 455 g/mol. The van der Waals surface area contributed by atoms with Crippen LogP contribution in [0.5, 0.6) is 0 Å². The Morgan fingerprint density at radius 2 is 1.72 bits per heavy atom. The van der Waals surface area contributed by atoms with Crippen molar-refractivity contribution in [3.05, 3.63) is 81.9 Å². The maximum Gasteiger partial charge on any atom is 0.359 e. The molecule has 32 heavy (non-hydrogen) atoms. The Labute approximate surface area is 190 Å². The van der Waals surface area contributed by atoms with E-state index >= 15 is 0 Å². The van der Waals surface area contributed by atoms with Gasteiger partial charge in [0.2, 0.25) is 0 Å². The first-order chi connectivity index (χ1) is 15.4. The summed E-state index contributed by atoms with van der Waals surface area (Å²) in [6.07, 6.45) is 0. The molecule has 0 atom stereocenters. The molecule has 0 saturated carbocycles. The fraction of sp³-hybridized carbons (Fsp3) is 0.217. The standard InChI is InChI=1S/C23H22ClN3O5/c1-4-31-22(28)20-21(23(29)32-5-2)27(14(3)25-20)18-12-11-16(24)13-17(18)19(26-30)15-9-7-6-8-10-15/h6-13,30H,4-5H2,1-3H3/b26-19+. The second-order valence-electron chi connectivity index (χ2n) is 6.61. The van der Waals surface area contributed by atoms with Gasteiger partial charge in [-0.3, -0.25) is 4.57 Å². The lowest BCUT2D eigenvalue weighted by Crippen LogP contribution is -2.19. The van der Waals surface area contributed by atoms with Crippen LogP contribution in [0.1, 0.15) is 51.8 Å². The van der Waals surface area contributed by atoms with Crippen molar-refractivity contribution in [2.75, 3.05) is 13.2 Å². The van der Waals surface area contributed by atoms with Crippen LogP contribution in [0.4, 0.5) is 0 Å². The van der Waals surface area contributed by atoms with Crippen LogP contribution in [-0.2, 0) is 9.47 Å². The molecule has 0 aliphatic carbocycles. The number of carbonyl (C=O) groups is 2. The number of aromatic nitrogens is 2. The number of benzene rings is 2. The number of hydrogen-bond donors (Lipinski definition) is 1. The Hall–Kier alpha value is -3.65. The quantitative estimate of drug-likeness (QED) is 0.245. The summed E-state index contributed by atoms with van der Waals surface area (Å²) >= 11 is 6.25. The highest BCUT2D eigenvalue weighted by atomic mass is 35.5. The molecule has 3 rings (SSSR count). The zero-order chi connectivity index (χ0) is 23.3.